The quantitative estimate of drug-likeness (QED) is 0.318. The van der Waals surface area contributed by atoms with E-state index in [4.69, 9.17) is 0 Å². The molecule has 0 spiro atoms. The zero-order chi connectivity index (χ0) is 17.6. The van der Waals surface area contributed by atoms with Crippen LogP contribution in [0.3, 0.4) is 0 Å². The van der Waals surface area contributed by atoms with Crippen LogP contribution >= 0.6 is 35.7 Å². The fourth-order valence-corrected chi connectivity index (χ4v) is 4.40. The maximum absolute atomic E-state index is 11.9. The first-order valence-electron chi connectivity index (χ1n) is 8.01. The van der Waals surface area contributed by atoms with Crippen molar-refractivity contribution >= 4 is 51.7 Å². The number of thioether (sulfide) groups is 1. The van der Waals surface area contributed by atoms with E-state index in [9.17, 15) is 8.42 Å². The lowest BCUT2D eigenvalue weighted by atomic mass is 10.2. The lowest BCUT2D eigenvalue weighted by Crippen LogP contribution is -2.42. The van der Waals surface area contributed by atoms with Crippen LogP contribution in [-0.4, -0.2) is 46.0 Å². The van der Waals surface area contributed by atoms with Crippen molar-refractivity contribution in [2.45, 2.75) is 42.0 Å². The lowest BCUT2D eigenvalue weighted by molar-refractivity contribution is 0.588. The summed E-state index contributed by atoms with van der Waals surface area (Å²) >= 11 is 1.92. The van der Waals surface area contributed by atoms with Crippen molar-refractivity contribution < 1.29 is 8.42 Å². The van der Waals surface area contributed by atoms with Gasteiger partial charge in [-0.3, -0.25) is 4.99 Å². The third-order valence-electron chi connectivity index (χ3n) is 4.22. The minimum absolute atomic E-state index is 0. The van der Waals surface area contributed by atoms with Gasteiger partial charge < -0.3 is 10.6 Å². The smallest absolute Gasteiger partial charge is 0.240 e. The minimum atomic E-state index is -3.42. The van der Waals surface area contributed by atoms with Crippen molar-refractivity contribution in [1.29, 1.82) is 0 Å². The number of halogens is 1. The van der Waals surface area contributed by atoms with E-state index >= 15 is 0 Å². The Bertz CT molecular complexity index is 682. The molecule has 1 aliphatic carbocycles. The van der Waals surface area contributed by atoms with E-state index in [1.165, 1.54) is 13.5 Å². The average molecular weight is 498 g/mol. The number of guanidine groups is 1. The highest BCUT2D eigenvalue weighted by Gasteiger charge is 2.24. The van der Waals surface area contributed by atoms with Crippen molar-refractivity contribution in [2.24, 2.45) is 4.99 Å². The second-order valence-corrected chi connectivity index (χ2v) is 8.82. The molecule has 2 unspecified atom stereocenters. The van der Waals surface area contributed by atoms with Gasteiger partial charge in [-0.1, -0.05) is 12.1 Å². The molecule has 142 valence electrons. The van der Waals surface area contributed by atoms with E-state index in [1.54, 1.807) is 25.2 Å². The predicted molar refractivity (Wildman–Crippen MR) is 116 cm³/mol. The summed E-state index contributed by atoms with van der Waals surface area (Å²) < 4.78 is 26.1. The maximum Gasteiger partial charge on any atom is 0.240 e. The molecule has 1 aromatic rings. The molecule has 2 rings (SSSR count). The first-order valence-corrected chi connectivity index (χ1v) is 10.8. The number of aliphatic imine (C=N–C) groups is 1. The minimum Gasteiger partial charge on any atom is -0.354 e. The number of rotatable bonds is 6. The molecule has 0 aromatic heterocycles. The third kappa shape index (κ3) is 6.61. The summed E-state index contributed by atoms with van der Waals surface area (Å²) in [5, 5.41) is 7.44. The van der Waals surface area contributed by atoms with Gasteiger partial charge in [0.15, 0.2) is 5.96 Å². The monoisotopic (exact) mass is 498 g/mol. The molecule has 0 aliphatic heterocycles. The van der Waals surface area contributed by atoms with Gasteiger partial charge in [-0.15, -0.1) is 24.0 Å². The predicted octanol–water partition coefficient (Wildman–Crippen LogP) is 2.16. The summed E-state index contributed by atoms with van der Waals surface area (Å²) in [7, 11) is -0.258. The number of hydrogen-bond donors (Lipinski definition) is 3. The number of benzene rings is 1. The zero-order valence-electron chi connectivity index (χ0n) is 14.8. The van der Waals surface area contributed by atoms with E-state index < -0.39 is 10.0 Å². The fraction of sp³-hybridized carbons (Fsp3) is 0.562. The van der Waals surface area contributed by atoms with Crippen LogP contribution in [0.15, 0.2) is 34.2 Å². The van der Waals surface area contributed by atoms with Crippen LogP contribution in [0.4, 0.5) is 0 Å². The van der Waals surface area contributed by atoms with Gasteiger partial charge in [-0.25, -0.2) is 13.1 Å². The summed E-state index contributed by atoms with van der Waals surface area (Å²) in [6.07, 6.45) is 5.70. The highest BCUT2D eigenvalue weighted by molar-refractivity contribution is 14.0. The summed E-state index contributed by atoms with van der Waals surface area (Å²) in [6, 6.07) is 7.35. The van der Waals surface area contributed by atoms with Crippen molar-refractivity contribution in [2.75, 3.05) is 20.4 Å². The highest BCUT2D eigenvalue weighted by Crippen LogP contribution is 2.28. The normalized spacial score (nSPS) is 20.8. The van der Waals surface area contributed by atoms with Crippen LogP contribution in [0.5, 0.6) is 0 Å². The Morgan fingerprint density at radius 2 is 2.12 bits per heavy atom. The molecule has 0 amide bonds. The van der Waals surface area contributed by atoms with Gasteiger partial charge in [0.25, 0.3) is 0 Å². The lowest BCUT2D eigenvalue weighted by Gasteiger charge is -2.17. The van der Waals surface area contributed by atoms with Crippen molar-refractivity contribution in [3.63, 3.8) is 0 Å². The van der Waals surface area contributed by atoms with E-state index in [0.29, 0.717) is 12.6 Å². The molecule has 1 aromatic carbocycles. The zero-order valence-corrected chi connectivity index (χ0v) is 18.7. The molecule has 2 atom stereocenters. The molecule has 0 bridgehead atoms. The molecule has 0 saturated heterocycles. The van der Waals surface area contributed by atoms with Gasteiger partial charge in [0.2, 0.25) is 10.0 Å². The van der Waals surface area contributed by atoms with Crippen molar-refractivity contribution in [1.82, 2.24) is 15.4 Å². The Morgan fingerprint density at radius 1 is 1.36 bits per heavy atom. The van der Waals surface area contributed by atoms with Crippen LogP contribution in [0.1, 0.15) is 24.8 Å². The van der Waals surface area contributed by atoms with Gasteiger partial charge >= 0.3 is 0 Å². The molecule has 1 fully saturated rings. The first kappa shape index (κ1) is 22.5. The third-order valence-corrected chi connectivity index (χ3v) is 6.73. The van der Waals surface area contributed by atoms with Crippen LogP contribution in [-0.2, 0) is 16.6 Å². The number of nitrogens with zero attached hydrogens (tertiary/aromatic N) is 1. The first-order chi connectivity index (χ1) is 11.5. The van der Waals surface area contributed by atoms with Gasteiger partial charge in [0.1, 0.15) is 0 Å². The van der Waals surface area contributed by atoms with Crippen LogP contribution in [0.2, 0.25) is 0 Å². The Morgan fingerprint density at radius 3 is 2.72 bits per heavy atom. The SMILES string of the molecule is CN=C(NCc1cccc(S(=O)(=O)NC)c1)NC1CCC(SC)C1.I. The second-order valence-electron chi connectivity index (χ2n) is 5.79. The molecule has 0 radical (unpaired) electrons. The van der Waals surface area contributed by atoms with E-state index in [2.05, 4.69) is 26.6 Å². The fourth-order valence-electron chi connectivity index (χ4n) is 2.80. The molecule has 9 heteroatoms. The van der Waals surface area contributed by atoms with E-state index in [-0.39, 0.29) is 28.9 Å². The van der Waals surface area contributed by atoms with Gasteiger partial charge in [-0.2, -0.15) is 11.8 Å². The summed E-state index contributed by atoms with van der Waals surface area (Å²) in [5.41, 5.74) is 0.891. The molecule has 3 N–H and O–H groups in total. The molecule has 6 nitrogen and oxygen atoms in total. The summed E-state index contributed by atoms with van der Waals surface area (Å²) in [4.78, 5) is 4.53. The Balaban J connectivity index is 0.00000312. The van der Waals surface area contributed by atoms with Crippen LogP contribution in [0, 0.1) is 0 Å². The largest absolute Gasteiger partial charge is 0.354 e. The molecule has 25 heavy (non-hydrogen) atoms. The Labute approximate surface area is 172 Å². The molecule has 1 aliphatic rings. The average Bonchev–Trinajstić information content (AvgIpc) is 3.06. The van der Waals surface area contributed by atoms with Crippen molar-refractivity contribution in [3.8, 4) is 0 Å². The topological polar surface area (TPSA) is 82.6 Å². The maximum atomic E-state index is 11.9. The van der Waals surface area contributed by atoms with Gasteiger partial charge in [0, 0.05) is 24.9 Å². The molecular formula is C16H27IN4O2S2. The molecule has 1 saturated carbocycles. The summed E-state index contributed by atoms with van der Waals surface area (Å²) in [6.45, 7) is 0.519. The highest BCUT2D eigenvalue weighted by atomic mass is 127. The number of sulfonamides is 1. The van der Waals surface area contributed by atoms with Gasteiger partial charge in [-0.05, 0) is 50.3 Å². The molecular weight excluding hydrogens is 471 g/mol. The standard InChI is InChI=1S/C16H26N4O2S2.HI/c1-17-16(20-13-7-8-14(10-13)23-3)19-11-12-5-4-6-15(9-12)24(21,22)18-2;/h4-6,9,13-14,18H,7-8,10-11H2,1-3H3,(H2,17,19,20);1H. The van der Waals surface area contributed by atoms with Crippen LogP contribution < -0.4 is 15.4 Å². The summed E-state index contributed by atoms with van der Waals surface area (Å²) in [5.74, 6) is 0.753. The second kappa shape index (κ2) is 10.6. The van der Waals surface area contributed by atoms with Crippen molar-refractivity contribution in [3.05, 3.63) is 29.8 Å². The van der Waals surface area contributed by atoms with E-state index in [1.807, 2.05) is 17.8 Å². The molecule has 0 heterocycles. The Kier molecular flexibility index (Phi) is 9.54. The number of nitrogens with one attached hydrogen (secondary N) is 3. The van der Waals surface area contributed by atoms with E-state index in [0.717, 1.165) is 29.6 Å². The number of hydrogen-bond acceptors (Lipinski definition) is 4. The van der Waals surface area contributed by atoms with Crippen LogP contribution in [0.25, 0.3) is 0 Å². The Hall–Kier alpha value is -0.520. The van der Waals surface area contributed by atoms with Gasteiger partial charge in [0.05, 0.1) is 4.90 Å².